The SMILES string of the molecule is C=CCn1c(SCC(=O)Nc2cc(Cl)ccc2Cl)nc2sc3c(c2c1=O)CCC3. The number of nitrogens with zero attached hydrogens (tertiary/aromatic N) is 2. The molecule has 0 saturated heterocycles. The first kappa shape index (κ1) is 20.5. The number of anilines is 1. The zero-order valence-electron chi connectivity index (χ0n) is 15.3. The first-order chi connectivity index (χ1) is 14.0. The van der Waals surface area contributed by atoms with Gasteiger partial charge in [0.05, 0.1) is 21.8 Å². The van der Waals surface area contributed by atoms with Crippen molar-refractivity contribution in [3.8, 4) is 0 Å². The third-order valence-corrected chi connectivity index (χ3v) is 7.36. The second kappa shape index (κ2) is 8.52. The maximum absolute atomic E-state index is 13.1. The van der Waals surface area contributed by atoms with Crippen molar-refractivity contribution in [3.05, 3.63) is 61.7 Å². The van der Waals surface area contributed by atoms with Gasteiger partial charge >= 0.3 is 0 Å². The lowest BCUT2D eigenvalue weighted by Crippen LogP contribution is -2.24. The molecule has 150 valence electrons. The summed E-state index contributed by atoms with van der Waals surface area (Å²) in [7, 11) is 0. The largest absolute Gasteiger partial charge is 0.324 e. The molecule has 4 rings (SSSR count). The molecule has 1 N–H and O–H groups in total. The van der Waals surface area contributed by atoms with E-state index < -0.39 is 0 Å². The zero-order chi connectivity index (χ0) is 20.5. The third-order valence-electron chi connectivity index (χ3n) is 4.64. The van der Waals surface area contributed by atoms with Gasteiger partial charge in [0, 0.05) is 16.4 Å². The van der Waals surface area contributed by atoms with E-state index in [2.05, 4.69) is 11.9 Å². The van der Waals surface area contributed by atoms with Crippen LogP contribution in [0, 0.1) is 0 Å². The van der Waals surface area contributed by atoms with Gasteiger partial charge in [0.15, 0.2) is 5.16 Å². The maximum Gasteiger partial charge on any atom is 0.263 e. The van der Waals surface area contributed by atoms with Crippen molar-refractivity contribution < 1.29 is 4.79 Å². The Labute approximate surface area is 185 Å². The van der Waals surface area contributed by atoms with Gasteiger partial charge in [0.25, 0.3) is 5.56 Å². The van der Waals surface area contributed by atoms with Crippen LogP contribution in [-0.2, 0) is 24.2 Å². The molecule has 3 aromatic rings. The number of fused-ring (bicyclic) bond motifs is 3. The number of thioether (sulfide) groups is 1. The number of hydrogen-bond donors (Lipinski definition) is 1. The molecule has 0 spiro atoms. The number of aromatic nitrogens is 2. The summed E-state index contributed by atoms with van der Waals surface area (Å²) in [6, 6.07) is 4.87. The number of aryl methyl sites for hydroxylation is 2. The van der Waals surface area contributed by atoms with Crippen LogP contribution in [0.3, 0.4) is 0 Å². The summed E-state index contributed by atoms with van der Waals surface area (Å²) >= 11 is 14.9. The van der Waals surface area contributed by atoms with E-state index in [9.17, 15) is 9.59 Å². The Morgan fingerprint density at radius 1 is 1.38 bits per heavy atom. The molecule has 5 nitrogen and oxygen atoms in total. The number of nitrogens with one attached hydrogen (secondary N) is 1. The molecule has 1 amide bonds. The molecular weight excluding hydrogens is 449 g/mol. The number of benzene rings is 1. The molecule has 0 unspecified atom stereocenters. The molecule has 1 aliphatic rings. The molecule has 1 aliphatic carbocycles. The van der Waals surface area contributed by atoms with Gasteiger partial charge < -0.3 is 5.32 Å². The first-order valence-electron chi connectivity index (χ1n) is 9.01. The van der Waals surface area contributed by atoms with Gasteiger partial charge in [0.2, 0.25) is 5.91 Å². The van der Waals surface area contributed by atoms with Crippen molar-refractivity contribution in [2.75, 3.05) is 11.1 Å². The Balaban J connectivity index is 1.59. The van der Waals surface area contributed by atoms with Gasteiger partial charge in [-0.05, 0) is 43.0 Å². The van der Waals surface area contributed by atoms with E-state index in [1.807, 2.05) is 0 Å². The van der Waals surface area contributed by atoms with E-state index >= 15 is 0 Å². The lowest BCUT2D eigenvalue weighted by molar-refractivity contribution is -0.113. The van der Waals surface area contributed by atoms with Crippen LogP contribution in [0.15, 0.2) is 40.8 Å². The standard InChI is InChI=1S/C20H17Cl2N3O2S2/c1-2-8-25-19(27)17-12-4-3-5-15(12)29-18(17)24-20(25)28-10-16(26)23-14-9-11(21)6-7-13(14)22/h2,6-7,9H,1,3-5,8,10H2,(H,23,26). The van der Waals surface area contributed by atoms with Crippen molar-refractivity contribution in [2.45, 2.75) is 31.0 Å². The van der Waals surface area contributed by atoms with Crippen LogP contribution in [0.2, 0.25) is 10.0 Å². The molecule has 0 saturated carbocycles. The number of halogens is 2. The fourth-order valence-electron chi connectivity index (χ4n) is 3.37. The predicted octanol–water partition coefficient (Wildman–Crippen LogP) is 5.17. The Morgan fingerprint density at radius 3 is 3.00 bits per heavy atom. The average molecular weight is 466 g/mol. The van der Waals surface area contributed by atoms with Gasteiger partial charge in [-0.1, -0.05) is 41.0 Å². The van der Waals surface area contributed by atoms with Crippen molar-refractivity contribution in [2.24, 2.45) is 0 Å². The molecule has 9 heteroatoms. The fourth-order valence-corrected chi connectivity index (χ4v) is 5.82. The van der Waals surface area contributed by atoms with Crippen LogP contribution in [0.25, 0.3) is 10.2 Å². The van der Waals surface area contributed by atoms with E-state index in [4.69, 9.17) is 28.2 Å². The molecule has 29 heavy (non-hydrogen) atoms. The molecule has 2 aromatic heterocycles. The molecule has 0 atom stereocenters. The summed E-state index contributed by atoms with van der Waals surface area (Å²) in [6.45, 7) is 4.09. The number of hydrogen-bond acceptors (Lipinski definition) is 5. The van der Waals surface area contributed by atoms with Crippen LogP contribution in [0.5, 0.6) is 0 Å². The average Bonchev–Trinajstić information content (AvgIpc) is 3.26. The van der Waals surface area contributed by atoms with E-state index in [1.165, 1.54) is 16.6 Å². The smallest absolute Gasteiger partial charge is 0.263 e. The lowest BCUT2D eigenvalue weighted by Gasteiger charge is -2.11. The normalized spacial score (nSPS) is 12.9. The topological polar surface area (TPSA) is 64.0 Å². The minimum atomic E-state index is -0.257. The van der Waals surface area contributed by atoms with Gasteiger partial charge in [-0.15, -0.1) is 17.9 Å². The van der Waals surface area contributed by atoms with E-state index in [0.29, 0.717) is 27.4 Å². The maximum atomic E-state index is 13.1. The van der Waals surface area contributed by atoms with Crippen LogP contribution in [-0.4, -0.2) is 21.2 Å². The first-order valence-corrected chi connectivity index (χ1v) is 11.6. The second-order valence-corrected chi connectivity index (χ2v) is 9.47. The van der Waals surface area contributed by atoms with Gasteiger partial charge in [-0.25, -0.2) is 4.98 Å². The molecule has 0 aliphatic heterocycles. The number of carbonyl (C=O) groups excluding carboxylic acids is 1. The van der Waals surface area contributed by atoms with E-state index in [1.54, 1.807) is 40.2 Å². The summed E-state index contributed by atoms with van der Waals surface area (Å²) in [5.74, 6) is -0.171. The quantitative estimate of drug-likeness (QED) is 0.309. The number of thiophene rings is 1. The summed E-state index contributed by atoms with van der Waals surface area (Å²) in [5, 5.41) is 4.87. The molecular formula is C20H17Cl2N3O2S2. The number of allylic oxidation sites excluding steroid dienone is 1. The summed E-state index contributed by atoms with van der Waals surface area (Å²) < 4.78 is 1.59. The molecule has 2 heterocycles. The Bertz CT molecular complexity index is 1190. The number of amides is 1. The lowest BCUT2D eigenvalue weighted by atomic mass is 10.2. The summed E-state index contributed by atoms with van der Waals surface area (Å²) in [5.41, 5.74) is 1.53. The van der Waals surface area contributed by atoms with Crippen LogP contribution >= 0.6 is 46.3 Å². The monoisotopic (exact) mass is 465 g/mol. The molecule has 0 radical (unpaired) electrons. The highest BCUT2D eigenvalue weighted by atomic mass is 35.5. The molecule has 1 aromatic carbocycles. The van der Waals surface area contributed by atoms with Crippen molar-refractivity contribution in [1.82, 2.24) is 9.55 Å². The second-order valence-electron chi connectivity index (χ2n) is 6.60. The van der Waals surface area contributed by atoms with Crippen molar-refractivity contribution >= 4 is 68.1 Å². The van der Waals surface area contributed by atoms with Crippen LogP contribution in [0.4, 0.5) is 5.69 Å². The third kappa shape index (κ3) is 4.10. The van der Waals surface area contributed by atoms with Gasteiger partial charge in [0.1, 0.15) is 4.83 Å². The Hall–Kier alpha value is -1.80. The number of carbonyl (C=O) groups is 1. The van der Waals surface area contributed by atoms with Gasteiger partial charge in [-0.3, -0.25) is 14.2 Å². The highest BCUT2D eigenvalue weighted by Gasteiger charge is 2.23. The highest BCUT2D eigenvalue weighted by Crippen LogP contribution is 2.35. The van der Waals surface area contributed by atoms with Crippen LogP contribution < -0.4 is 10.9 Å². The minimum absolute atomic E-state index is 0.0601. The summed E-state index contributed by atoms with van der Waals surface area (Å²) in [6.07, 6.45) is 4.68. The van der Waals surface area contributed by atoms with Crippen LogP contribution in [0.1, 0.15) is 16.9 Å². The molecule has 0 bridgehead atoms. The zero-order valence-corrected chi connectivity index (χ0v) is 18.5. The Kier molecular flexibility index (Phi) is 6.01. The molecule has 0 fully saturated rings. The van der Waals surface area contributed by atoms with E-state index in [0.717, 1.165) is 35.0 Å². The fraction of sp³-hybridized carbons (Fsp3) is 0.250. The Morgan fingerprint density at radius 2 is 2.21 bits per heavy atom. The van der Waals surface area contributed by atoms with Crippen molar-refractivity contribution in [3.63, 3.8) is 0 Å². The number of rotatable bonds is 6. The van der Waals surface area contributed by atoms with Crippen molar-refractivity contribution in [1.29, 1.82) is 0 Å². The highest BCUT2D eigenvalue weighted by molar-refractivity contribution is 7.99. The van der Waals surface area contributed by atoms with E-state index in [-0.39, 0.29) is 17.2 Å². The van der Waals surface area contributed by atoms with Gasteiger partial charge in [-0.2, -0.15) is 0 Å². The minimum Gasteiger partial charge on any atom is -0.324 e. The summed E-state index contributed by atoms with van der Waals surface area (Å²) in [4.78, 5) is 32.2. The predicted molar refractivity (Wildman–Crippen MR) is 122 cm³/mol.